The second kappa shape index (κ2) is 4.38. The Morgan fingerprint density at radius 3 is 2.72 bits per heavy atom. The van der Waals surface area contributed by atoms with Gasteiger partial charge >= 0.3 is 16.1 Å². The Hall–Kier alpha value is -1.95. The maximum absolute atomic E-state index is 10.9. The van der Waals surface area contributed by atoms with Crippen LogP contribution in [-0.2, 0) is 19.0 Å². The zero-order chi connectivity index (χ0) is 13.3. The van der Waals surface area contributed by atoms with Crippen molar-refractivity contribution in [2.75, 3.05) is 12.3 Å². The molecule has 0 spiro atoms. The third kappa shape index (κ3) is 2.33. The summed E-state index contributed by atoms with van der Waals surface area (Å²) in [6.07, 6.45) is 0. The molecular weight excluding hydrogens is 270 g/mol. The number of methoxy groups -OCH3 is 1. The van der Waals surface area contributed by atoms with Gasteiger partial charge < -0.3 is 4.74 Å². The molecule has 1 N–H and O–H groups in total. The number of nitro groups is 1. The number of nitrogens with zero attached hydrogens (tertiary/aromatic N) is 2. The van der Waals surface area contributed by atoms with Gasteiger partial charge in [0, 0.05) is 12.1 Å². The van der Waals surface area contributed by atoms with Gasteiger partial charge in [-0.3, -0.25) is 10.1 Å². The van der Waals surface area contributed by atoms with Crippen LogP contribution in [0.1, 0.15) is 0 Å². The van der Waals surface area contributed by atoms with E-state index in [1.54, 1.807) is 0 Å². The molecule has 0 unspecified atom stereocenters. The molecule has 0 atom stereocenters. The van der Waals surface area contributed by atoms with Crippen molar-refractivity contribution < 1.29 is 26.6 Å². The van der Waals surface area contributed by atoms with Crippen LogP contribution in [0.5, 0.6) is 5.75 Å². The van der Waals surface area contributed by atoms with Crippen LogP contribution in [0.2, 0.25) is 0 Å². The first-order valence-electron chi connectivity index (χ1n) is 4.44. The minimum atomic E-state index is -4.15. The average molecular weight is 277 g/mol. The number of nitrogens with one attached hydrogen (secondary N) is 1. The van der Waals surface area contributed by atoms with Crippen molar-refractivity contribution in [1.82, 2.24) is 5.59 Å². The second-order valence-electron chi connectivity index (χ2n) is 3.07. The molecule has 1 saturated heterocycles. The maximum Gasteiger partial charge on any atom is 0.440 e. The van der Waals surface area contributed by atoms with E-state index in [0.29, 0.717) is 5.17 Å². The number of anilines is 1. The lowest BCUT2D eigenvalue weighted by Crippen LogP contribution is -2.28. The standard InChI is InChI=1S/C7H7N3O7S/c1-15-7-4-5(2-3-6(7)10(11)12)9-8-16-18(13,14)17-9/h2-4,8H,1H3. The van der Waals surface area contributed by atoms with Gasteiger partial charge in [0.1, 0.15) is 0 Å². The van der Waals surface area contributed by atoms with Crippen LogP contribution < -0.4 is 15.5 Å². The summed E-state index contributed by atoms with van der Waals surface area (Å²) < 4.78 is 35.0. The molecule has 2 rings (SSSR count). The molecule has 1 heterocycles. The lowest BCUT2D eigenvalue weighted by molar-refractivity contribution is -0.385. The number of hydrazine groups is 1. The van der Waals surface area contributed by atoms with Gasteiger partial charge in [0.05, 0.1) is 17.7 Å². The highest BCUT2D eigenvalue weighted by atomic mass is 32.3. The largest absolute Gasteiger partial charge is 0.490 e. The number of hydrogen-bond donors (Lipinski definition) is 1. The molecule has 0 aliphatic carbocycles. The average Bonchev–Trinajstić information content (AvgIpc) is 2.68. The number of hydrogen-bond acceptors (Lipinski definition) is 9. The first-order chi connectivity index (χ1) is 8.43. The smallest absolute Gasteiger partial charge is 0.440 e. The number of rotatable bonds is 3. The van der Waals surface area contributed by atoms with Crippen LogP contribution in [0.25, 0.3) is 0 Å². The van der Waals surface area contributed by atoms with Gasteiger partial charge in [0.2, 0.25) is 0 Å². The van der Waals surface area contributed by atoms with E-state index in [-0.39, 0.29) is 17.1 Å². The zero-order valence-corrected chi connectivity index (χ0v) is 9.71. The Morgan fingerprint density at radius 2 is 2.22 bits per heavy atom. The van der Waals surface area contributed by atoms with Gasteiger partial charge in [-0.1, -0.05) is 5.59 Å². The fraction of sp³-hybridized carbons (Fsp3) is 0.143. The number of nitro benzene ring substituents is 1. The Morgan fingerprint density at radius 1 is 1.50 bits per heavy atom. The summed E-state index contributed by atoms with van der Waals surface area (Å²) in [6.45, 7) is 0. The van der Waals surface area contributed by atoms with Gasteiger partial charge in [0.25, 0.3) is 0 Å². The van der Waals surface area contributed by atoms with Crippen molar-refractivity contribution in [3.8, 4) is 5.75 Å². The minimum absolute atomic E-state index is 0.0489. The fourth-order valence-corrected chi connectivity index (χ4v) is 1.73. The summed E-state index contributed by atoms with van der Waals surface area (Å²) >= 11 is 0. The van der Waals surface area contributed by atoms with Gasteiger partial charge in [-0.25, -0.2) is 0 Å². The predicted octanol–water partition coefficient (Wildman–Crippen LogP) is 0.0360. The van der Waals surface area contributed by atoms with Gasteiger partial charge in [-0.2, -0.15) is 8.42 Å². The maximum atomic E-state index is 10.9. The highest BCUT2D eigenvalue weighted by molar-refractivity contribution is 7.82. The van der Waals surface area contributed by atoms with Crippen molar-refractivity contribution in [3.63, 3.8) is 0 Å². The molecule has 18 heavy (non-hydrogen) atoms. The van der Waals surface area contributed by atoms with E-state index in [9.17, 15) is 18.5 Å². The van der Waals surface area contributed by atoms with Crippen molar-refractivity contribution >= 4 is 21.8 Å². The van der Waals surface area contributed by atoms with Crippen molar-refractivity contribution in [3.05, 3.63) is 28.3 Å². The zero-order valence-electron chi connectivity index (χ0n) is 8.89. The summed E-state index contributed by atoms with van der Waals surface area (Å²) in [7, 11) is -2.90. The minimum Gasteiger partial charge on any atom is -0.490 e. The fourth-order valence-electron chi connectivity index (χ4n) is 1.24. The summed E-state index contributed by atoms with van der Waals surface area (Å²) in [5.74, 6) is -0.0489. The molecule has 1 fully saturated rings. The molecule has 0 radical (unpaired) electrons. The van der Waals surface area contributed by atoms with Crippen LogP contribution in [0.15, 0.2) is 18.2 Å². The van der Waals surface area contributed by atoms with Crippen LogP contribution in [0, 0.1) is 10.1 Å². The normalized spacial score (nSPS) is 17.7. The van der Waals surface area contributed by atoms with Gasteiger partial charge in [-0.05, 0) is 6.07 Å². The topological polar surface area (TPSA) is 120 Å². The Labute approximate surface area is 101 Å². The highest BCUT2D eigenvalue weighted by Gasteiger charge is 2.30. The molecular formula is C7H7N3O7S. The molecule has 1 aliphatic heterocycles. The molecule has 0 amide bonds. The van der Waals surface area contributed by atoms with Crippen molar-refractivity contribution in [1.29, 1.82) is 0 Å². The third-order valence-electron chi connectivity index (χ3n) is 1.98. The van der Waals surface area contributed by atoms with Crippen molar-refractivity contribution in [2.24, 2.45) is 0 Å². The van der Waals surface area contributed by atoms with E-state index in [1.807, 2.05) is 5.59 Å². The Bertz CT molecular complexity index is 587. The van der Waals surface area contributed by atoms with Crippen molar-refractivity contribution in [2.45, 2.75) is 0 Å². The molecule has 1 aromatic carbocycles. The monoisotopic (exact) mass is 277 g/mol. The summed E-state index contributed by atoms with van der Waals surface area (Å²) in [6, 6.07) is 3.62. The molecule has 0 aromatic heterocycles. The molecule has 1 aromatic rings. The van der Waals surface area contributed by atoms with Crippen LogP contribution in [0.3, 0.4) is 0 Å². The number of ether oxygens (including phenoxy) is 1. The van der Waals surface area contributed by atoms with E-state index in [1.165, 1.54) is 19.2 Å². The second-order valence-corrected chi connectivity index (χ2v) is 4.20. The molecule has 1 aliphatic rings. The quantitative estimate of drug-likeness (QED) is 0.602. The van der Waals surface area contributed by atoms with E-state index in [2.05, 4.69) is 8.57 Å². The summed E-state index contributed by atoms with van der Waals surface area (Å²) in [5, 5.41) is 11.3. The third-order valence-corrected chi connectivity index (χ3v) is 2.59. The predicted molar refractivity (Wildman–Crippen MR) is 56.4 cm³/mol. The first kappa shape index (κ1) is 12.5. The molecule has 10 nitrogen and oxygen atoms in total. The lowest BCUT2D eigenvalue weighted by atomic mass is 10.2. The highest BCUT2D eigenvalue weighted by Crippen LogP contribution is 2.32. The first-order valence-corrected chi connectivity index (χ1v) is 5.77. The Kier molecular flexibility index (Phi) is 3.04. The van der Waals surface area contributed by atoms with E-state index in [4.69, 9.17) is 4.74 Å². The lowest BCUT2D eigenvalue weighted by Gasteiger charge is -2.11. The van der Waals surface area contributed by atoms with Gasteiger partial charge in [-0.15, -0.1) is 13.7 Å². The van der Waals surface area contributed by atoms with Crippen LogP contribution in [-0.4, -0.2) is 20.5 Å². The molecule has 0 saturated carbocycles. The van der Waals surface area contributed by atoms with E-state index < -0.39 is 15.3 Å². The Balaban J connectivity index is 2.34. The molecule has 11 heteroatoms. The molecule has 98 valence electrons. The van der Waals surface area contributed by atoms with Gasteiger partial charge in [0.15, 0.2) is 5.75 Å². The molecule has 0 bridgehead atoms. The summed E-state index contributed by atoms with van der Waals surface area (Å²) in [5.41, 5.74) is 1.85. The van der Waals surface area contributed by atoms with Crippen LogP contribution in [0.4, 0.5) is 11.4 Å². The van der Waals surface area contributed by atoms with Crippen LogP contribution >= 0.6 is 0 Å². The van der Waals surface area contributed by atoms with E-state index in [0.717, 1.165) is 6.07 Å². The van der Waals surface area contributed by atoms with E-state index >= 15 is 0 Å². The summed E-state index contributed by atoms with van der Waals surface area (Å²) in [4.78, 5) is 10.0. The SMILES string of the molecule is COc1cc(N2NOS(=O)(=O)O2)ccc1[N+](=O)[O-]. The number of benzene rings is 1.